The van der Waals surface area contributed by atoms with Crippen LogP contribution in [0.3, 0.4) is 0 Å². The van der Waals surface area contributed by atoms with Gasteiger partial charge in [0.25, 0.3) is 0 Å². The van der Waals surface area contributed by atoms with E-state index in [9.17, 15) is 0 Å². The molecule has 0 saturated heterocycles. The minimum Gasteiger partial charge on any atom is -0.399 e. The number of benzene rings is 1. The molecule has 1 aromatic carbocycles. The molecule has 0 unspecified atom stereocenters. The molecule has 0 radical (unpaired) electrons. The van der Waals surface area contributed by atoms with E-state index in [1.807, 2.05) is 0 Å². The Kier molecular flexibility index (Phi) is 1.10. The van der Waals surface area contributed by atoms with Crippen molar-refractivity contribution in [1.29, 1.82) is 0 Å². The first-order chi connectivity index (χ1) is 5.46. The Labute approximate surface area is 71.2 Å². The lowest BCUT2D eigenvalue weighted by Gasteiger charge is -1.94. The van der Waals surface area contributed by atoms with Crippen molar-refractivity contribution in [3.63, 3.8) is 0 Å². The second-order valence-electron chi connectivity index (χ2n) is 1.42. The van der Waals surface area contributed by atoms with Gasteiger partial charge in [-0.1, -0.05) is 11.6 Å². The van der Waals surface area contributed by atoms with Crippen LogP contribution < -0.4 is 5.73 Å². The summed E-state index contributed by atoms with van der Waals surface area (Å²) in [5.74, 6) is 0. The lowest BCUT2D eigenvalue weighted by atomic mass is 10.3. The highest BCUT2D eigenvalue weighted by Crippen LogP contribution is 2.23. The molecular formula is C6H5BrClN. The van der Waals surface area contributed by atoms with Crippen molar-refractivity contribution in [2.75, 3.05) is 5.73 Å². The van der Waals surface area contributed by atoms with E-state index in [1.165, 1.54) is 0 Å². The summed E-state index contributed by atoms with van der Waals surface area (Å²) in [6.45, 7) is 0. The van der Waals surface area contributed by atoms with Gasteiger partial charge in [-0.2, -0.15) is 0 Å². The fourth-order valence-electron chi connectivity index (χ4n) is 0.381. The zero-order chi connectivity index (χ0) is 9.46. The lowest BCUT2D eigenvalue weighted by Crippen LogP contribution is -1.82. The van der Waals surface area contributed by atoms with Crippen molar-refractivity contribution in [2.45, 2.75) is 0 Å². The fourth-order valence-corrected chi connectivity index (χ4v) is 0.729. The van der Waals surface area contributed by atoms with Crippen molar-refractivity contribution in [2.24, 2.45) is 0 Å². The summed E-state index contributed by atoms with van der Waals surface area (Å²) < 4.78 is 22.2. The Morgan fingerprint density at radius 1 is 1.67 bits per heavy atom. The molecule has 0 aliphatic carbocycles. The number of hydrogen-bond donors (Lipinski definition) is 1. The van der Waals surface area contributed by atoms with E-state index < -0.39 is 0 Å². The highest BCUT2D eigenvalue weighted by molar-refractivity contribution is 9.10. The number of hydrogen-bond acceptors (Lipinski definition) is 1. The standard InChI is InChI=1S/C6H5BrClN/c7-5-2-1-4(9)3-6(5)8/h1-3H,9H2/i1D,2D,3D. The predicted octanol–water partition coefficient (Wildman–Crippen LogP) is 2.68. The maximum atomic E-state index is 7.34. The summed E-state index contributed by atoms with van der Waals surface area (Å²) in [5.41, 5.74) is 5.29. The molecule has 0 amide bonds. The third-order valence-electron chi connectivity index (χ3n) is 0.744. The van der Waals surface area contributed by atoms with Gasteiger partial charge < -0.3 is 5.73 Å². The van der Waals surface area contributed by atoms with Gasteiger partial charge in [0.15, 0.2) is 0 Å². The van der Waals surface area contributed by atoms with Crippen molar-refractivity contribution >= 4 is 33.2 Å². The number of halogens is 2. The molecule has 3 heteroatoms. The Morgan fingerprint density at radius 2 is 2.33 bits per heavy atom. The van der Waals surface area contributed by atoms with Crippen LogP contribution in [0, 0.1) is 0 Å². The van der Waals surface area contributed by atoms with Crippen LogP contribution in [-0.4, -0.2) is 0 Å². The molecule has 1 rings (SSSR count). The maximum absolute atomic E-state index is 7.34. The first-order valence-electron chi connectivity index (χ1n) is 3.67. The van der Waals surface area contributed by atoms with Crippen LogP contribution in [0.25, 0.3) is 0 Å². The van der Waals surface area contributed by atoms with Gasteiger partial charge in [-0.25, -0.2) is 0 Å². The number of rotatable bonds is 0. The fraction of sp³-hybridized carbons (Fsp3) is 0. The van der Waals surface area contributed by atoms with Crippen LogP contribution in [-0.2, 0) is 0 Å². The molecule has 0 fully saturated rings. The van der Waals surface area contributed by atoms with Crippen molar-refractivity contribution in [3.05, 3.63) is 27.6 Å². The zero-order valence-electron chi connectivity index (χ0n) is 7.33. The first-order valence-corrected chi connectivity index (χ1v) is 3.34. The Bertz CT molecular complexity index is 237. The van der Waals surface area contributed by atoms with E-state index in [1.54, 1.807) is 0 Å². The molecule has 0 heterocycles. The SMILES string of the molecule is [2H]c1c([2H])c(Br)c(Cl)c([2H])c1N. The molecule has 0 aliphatic heterocycles. The summed E-state index contributed by atoms with van der Waals surface area (Å²) >= 11 is 8.64. The zero-order valence-corrected chi connectivity index (χ0v) is 6.68. The number of nitrogens with two attached hydrogens (primary N) is 1. The maximum Gasteiger partial charge on any atom is 0.0661 e. The van der Waals surface area contributed by atoms with Gasteiger partial charge >= 0.3 is 0 Å². The van der Waals surface area contributed by atoms with Crippen LogP contribution >= 0.6 is 27.5 Å². The molecule has 0 aliphatic rings. The average molecular weight is 209 g/mol. The molecule has 2 N–H and O–H groups in total. The van der Waals surface area contributed by atoms with E-state index >= 15 is 0 Å². The molecule has 0 bridgehead atoms. The van der Waals surface area contributed by atoms with Crippen LogP contribution in [0.2, 0.25) is 5.02 Å². The summed E-state index contributed by atoms with van der Waals surface area (Å²) in [4.78, 5) is 0. The molecule has 1 aromatic rings. The average Bonchev–Trinajstić information content (AvgIpc) is 2.08. The van der Waals surface area contributed by atoms with E-state index in [0.29, 0.717) is 0 Å². The van der Waals surface area contributed by atoms with Crippen LogP contribution in [0.15, 0.2) is 22.6 Å². The molecule has 0 atom stereocenters. The van der Waals surface area contributed by atoms with E-state index in [-0.39, 0.29) is 33.3 Å². The quantitative estimate of drug-likeness (QED) is 0.653. The van der Waals surface area contributed by atoms with Crippen LogP contribution in [0.4, 0.5) is 5.69 Å². The van der Waals surface area contributed by atoms with Crippen molar-refractivity contribution in [3.8, 4) is 0 Å². The minimum absolute atomic E-state index is 0.0619. The van der Waals surface area contributed by atoms with Gasteiger partial charge in [0, 0.05) is 10.2 Å². The van der Waals surface area contributed by atoms with E-state index in [2.05, 4.69) is 15.9 Å². The monoisotopic (exact) mass is 208 g/mol. The second kappa shape index (κ2) is 2.58. The summed E-state index contributed by atoms with van der Waals surface area (Å²) in [5, 5.41) is 0.0773. The van der Waals surface area contributed by atoms with Gasteiger partial charge in [-0.15, -0.1) is 0 Å². The van der Waals surface area contributed by atoms with Gasteiger partial charge in [-0.3, -0.25) is 0 Å². The molecule has 9 heavy (non-hydrogen) atoms. The van der Waals surface area contributed by atoms with Crippen LogP contribution in [0.1, 0.15) is 4.11 Å². The van der Waals surface area contributed by atoms with E-state index in [0.717, 1.165) is 0 Å². The highest BCUT2D eigenvalue weighted by atomic mass is 79.9. The third-order valence-corrected chi connectivity index (χ3v) is 1.85. The Morgan fingerprint density at radius 3 is 3.00 bits per heavy atom. The molecule has 0 saturated carbocycles. The van der Waals surface area contributed by atoms with Gasteiger partial charge in [0.1, 0.15) is 0 Å². The lowest BCUT2D eigenvalue weighted by molar-refractivity contribution is 1.64. The summed E-state index contributed by atoms with van der Waals surface area (Å²) in [7, 11) is 0. The van der Waals surface area contributed by atoms with Crippen molar-refractivity contribution < 1.29 is 4.11 Å². The normalized spacial score (nSPS) is 14.2. The molecule has 0 spiro atoms. The number of anilines is 1. The Balaban J connectivity index is 3.60. The second-order valence-corrected chi connectivity index (χ2v) is 2.59. The topological polar surface area (TPSA) is 26.0 Å². The van der Waals surface area contributed by atoms with Gasteiger partial charge in [0.05, 0.1) is 9.13 Å². The minimum atomic E-state index is -0.170. The summed E-state index contributed by atoms with van der Waals surface area (Å²) in [6, 6.07) is -0.366. The molecule has 48 valence electrons. The van der Waals surface area contributed by atoms with Crippen molar-refractivity contribution in [1.82, 2.24) is 0 Å². The molecule has 0 aromatic heterocycles. The van der Waals surface area contributed by atoms with E-state index in [4.69, 9.17) is 21.4 Å². The Hall–Kier alpha value is -0.210. The predicted molar refractivity (Wildman–Crippen MR) is 43.6 cm³/mol. The first kappa shape index (κ1) is 3.84. The summed E-state index contributed by atoms with van der Waals surface area (Å²) in [6.07, 6.45) is 0. The number of nitrogen functional groups attached to an aromatic ring is 1. The third kappa shape index (κ3) is 1.60. The molecular weight excluding hydrogens is 201 g/mol. The van der Waals surface area contributed by atoms with Crippen LogP contribution in [0.5, 0.6) is 0 Å². The van der Waals surface area contributed by atoms with Gasteiger partial charge in [-0.05, 0) is 34.1 Å². The molecule has 1 nitrogen and oxygen atoms in total. The van der Waals surface area contributed by atoms with Gasteiger partial charge in [0.2, 0.25) is 0 Å². The largest absolute Gasteiger partial charge is 0.399 e. The smallest absolute Gasteiger partial charge is 0.0661 e. The highest BCUT2D eigenvalue weighted by Gasteiger charge is 1.93.